The molecule has 1 N–H and O–H groups in total. The fraction of sp³-hybridized carbons (Fsp3) is 0.0500. The van der Waals surface area contributed by atoms with Gasteiger partial charge in [0.05, 0.1) is 15.9 Å². The maximum absolute atomic E-state index is 13.0. The van der Waals surface area contributed by atoms with E-state index in [4.69, 9.17) is 12.2 Å². The maximum atomic E-state index is 13.0. The Morgan fingerprint density at radius 2 is 1.82 bits per heavy atom. The standard InChI is InChI=1S/C20H13N3O3S2/c24-18-16(11-12-6-7-14-15(10-12)22-9-8-21-14)28-20(27)23(18)17(19(25)26)13-4-2-1-3-5-13/h1-11,17H,(H,25,26)/b16-11-. The average molecular weight is 407 g/mol. The van der Waals surface area contributed by atoms with Crippen LogP contribution in [0.3, 0.4) is 0 Å². The number of thioether (sulfide) groups is 1. The second-order valence-corrected chi connectivity index (χ2v) is 7.68. The van der Waals surface area contributed by atoms with Gasteiger partial charge in [0.2, 0.25) is 0 Å². The molecule has 4 rings (SSSR count). The zero-order chi connectivity index (χ0) is 19.7. The van der Waals surface area contributed by atoms with Crippen LogP contribution in [-0.2, 0) is 9.59 Å². The van der Waals surface area contributed by atoms with E-state index in [1.54, 1.807) is 48.8 Å². The lowest BCUT2D eigenvalue weighted by atomic mass is 10.1. The lowest BCUT2D eigenvalue weighted by Gasteiger charge is -2.23. The highest BCUT2D eigenvalue weighted by Crippen LogP contribution is 2.38. The zero-order valence-electron chi connectivity index (χ0n) is 14.4. The first-order valence-corrected chi connectivity index (χ1v) is 9.52. The average Bonchev–Trinajstić information content (AvgIpc) is 2.96. The highest BCUT2D eigenvalue weighted by atomic mass is 32.2. The van der Waals surface area contributed by atoms with Crippen molar-refractivity contribution in [2.45, 2.75) is 6.04 Å². The summed E-state index contributed by atoms with van der Waals surface area (Å²) in [4.78, 5) is 34.9. The van der Waals surface area contributed by atoms with Crippen LogP contribution in [0.15, 0.2) is 65.8 Å². The molecular formula is C20H13N3O3S2. The summed E-state index contributed by atoms with van der Waals surface area (Å²) in [6, 6.07) is 12.9. The third kappa shape index (κ3) is 3.39. The van der Waals surface area contributed by atoms with E-state index in [0.717, 1.165) is 27.7 Å². The van der Waals surface area contributed by atoms with E-state index in [1.807, 2.05) is 18.2 Å². The number of hydrogen-bond acceptors (Lipinski definition) is 6. The molecule has 0 spiro atoms. The maximum Gasteiger partial charge on any atom is 0.331 e. The molecule has 0 saturated carbocycles. The van der Waals surface area contributed by atoms with Gasteiger partial charge in [0, 0.05) is 12.4 Å². The number of amides is 1. The highest BCUT2D eigenvalue weighted by Gasteiger charge is 2.41. The van der Waals surface area contributed by atoms with E-state index in [-0.39, 0.29) is 4.32 Å². The van der Waals surface area contributed by atoms with Crippen LogP contribution in [0.25, 0.3) is 17.1 Å². The number of aromatic nitrogens is 2. The van der Waals surface area contributed by atoms with Crippen molar-refractivity contribution < 1.29 is 14.7 Å². The lowest BCUT2D eigenvalue weighted by molar-refractivity contribution is -0.145. The molecule has 1 aliphatic rings. The van der Waals surface area contributed by atoms with Crippen molar-refractivity contribution in [2.24, 2.45) is 0 Å². The molecule has 1 fully saturated rings. The van der Waals surface area contributed by atoms with E-state index < -0.39 is 17.9 Å². The van der Waals surface area contributed by atoms with Crippen LogP contribution in [-0.4, -0.2) is 36.2 Å². The van der Waals surface area contributed by atoms with Crippen LogP contribution in [0.2, 0.25) is 0 Å². The number of rotatable bonds is 4. The second-order valence-electron chi connectivity index (χ2n) is 6.01. The van der Waals surface area contributed by atoms with Crippen molar-refractivity contribution in [3.8, 4) is 0 Å². The van der Waals surface area contributed by atoms with Gasteiger partial charge in [-0.25, -0.2) is 4.79 Å². The van der Waals surface area contributed by atoms with Gasteiger partial charge >= 0.3 is 5.97 Å². The van der Waals surface area contributed by atoms with Crippen LogP contribution >= 0.6 is 24.0 Å². The van der Waals surface area contributed by atoms with Gasteiger partial charge in [0.1, 0.15) is 4.32 Å². The minimum Gasteiger partial charge on any atom is -0.479 e. The fourth-order valence-corrected chi connectivity index (χ4v) is 4.27. The van der Waals surface area contributed by atoms with Crippen molar-refractivity contribution in [2.75, 3.05) is 0 Å². The summed E-state index contributed by atoms with van der Waals surface area (Å²) in [5.41, 5.74) is 2.72. The number of carbonyl (C=O) groups is 2. The van der Waals surface area contributed by atoms with Crippen molar-refractivity contribution in [3.05, 3.63) is 77.0 Å². The summed E-state index contributed by atoms with van der Waals surface area (Å²) in [6.07, 6.45) is 4.91. The molecule has 1 atom stereocenters. The van der Waals surface area contributed by atoms with Crippen LogP contribution in [0, 0.1) is 0 Å². The number of aliphatic carboxylic acids is 1. The molecule has 1 aliphatic heterocycles. The van der Waals surface area contributed by atoms with E-state index in [2.05, 4.69) is 9.97 Å². The molecule has 3 aromatic rings. The minimum atomic E-state index is -1.16. The number of carbonyl (C=O) groups excluding carboxylic acids is 1. The van der Waals surface area contributed by atoms with Gasteiger partial charge in [0.15, 0.2) is 6.04 Å². The zero-order valence-corrected chi connectivity index (χ0v) is 16.0. The van der Waals surface area contributed by atoms with E-state index in [0.29, 0.717) is 16.0 Å². The first-order chi connectivity index (χ1) is 13.5. The third-order valence-electron chi connectivity index (χ3n) is 4.22. The van der Waals surface area contributed by atoms with E-state index in [1.165, 1.54) is 0 Å². The number of thiocarbonyl (C=S) groups is 1. The van der Waals surface area contributed by atoms with Gasteiger partial charge in [-0.15, -0.1) is 0 Å². The van der Waals surface area contributed by atoms with Crippen molar-refractivity contribution in [1.82, 2.24) is 14.9 Å². The van der Waals surface area contributed by atoms with Crippen LogP contribution in [0.5, 0.6) is 0 Å². The van der Waals surface area contributed by atoms with E-state index in [9.17, 15) is 14.7 Å². The first kappa shape index (κ1) is 18.3. The van der Waals surface area contributed by atoms with E-state index >= 15 is 0 Å². The smallest absolute Gasteiger partial charge is 0.331 e. The summed E-state index contributed by atoms with van der Waals surface area (Å²) in [5, 5.41) is 9.72. The van der Waals surface area contributed by atoms with Gasteiger partial charge < -0.3 is 5.11 Å². The summed E-state index contributed by atoms with van der Waals surface area (Å²) in [5.74, 6) is -1.56. The second kappa shape index (κ2) is 7.49. The summed E-state index contributed by atoms with van der Waals surface area (Å²) in [6.45, 7) is 0. The van der Waals surface area contributed by atoms with Crippen LogP contribution < -0.4 is 0 Å². The summed E-state index contributed by atoms with van der Waals surface area (Å²) >= 11 is 6.42. The molecule has 1 unspecified atom stereocenters. The highest BCUT2D eigenvalue weighted by molar-refractivity contribution is 8.26. The SMILES string of the molecule is O=C(O)C(c1ccccc1)N1C(=O)/C(=C/c2ccc3nccnc3c2)SC1=S. The van der Waals surface area contributed by atoms with Crippen molar-refractivity contribution in [1.29, 1.82) is 0 Å². The lowest BCUT2D eigenvalue weighted by Crippen LogP contribution is -2.37. The van der Waals surface area contributed by atoms with Crippen molar-refractivity contribution in [3.63, 3.8) is 0 Å². The Hall–Kier alpha value is -3.10. The Morgan fingerprint density at radius 3 is 2.54 bits per heavy atom. The molecule has 2 heterocycles. The molecule has 8 heteroatoms. The summed E-state index contributed by atoms with van der Waals surface area (Å²) < 4.78 is 0.216. The third-order valence-corrected chi connectivity index (χ3v) is 5.55. The molecule has 28 heavy (non-hydrogen) atoms. The molecule has 138 valence electrons. The monoisotopic (exact) mass is 407 g/mol. The van der Waals surface area contributed by atoms with Crippen LogP contribution in [0.4, 0.5) is 0 Å². The van der Waals surface area contributed by atoms with Crippen molar-refractivity contribution >= 4 is 57.3 Å². The molecule has 6 nitrogen and oxygen atoms in total. The Balaban J connectivity index is 1.69. The summed E-state index contributed by atoms with van der Waals surface area (Å²) in [7, 11) is 0. The number of fused-ring (bicyclic) bond motifs is 1. The minimum absolute atomic E-state index is 0.216. The normalized spacial score (nSPS) is 16.7. The quantitative estimate of drug-likeness (QED) is 0.522. The Kier molecular flexibility index (Phi) is 4.89. The first-order valence-electron chi connectivity index (χ1n) is 8.30. The molecule has 1 saturated heterocycles. The van der Waals surface area contributed by atoms with Gasteiger partial charge in [-0.3, -0.25) is 19.7 Å². The Bertz CT molecular complexity index is 1130. The van der Waals surface area contributed by atoms with Gasteiger partial charge in [-0.05, 0) is 29.3 Å². The molecule has 0 radical (unpaired) electrons. The molecular weight excluding hydrogens is 394 g/mol. The molecule has 2 aromatic carbocycles. The fourth-order valence-electron chi connectivity index (χ4n) is 2.96. The molecule has 1 amide bonds. The number of hydrogen-bond donors (Lipinski definition) is 1. The molecule has 0 aliphatic carbocycles. The Labute approximate surface area is 169 Å². The molecule has 1 aromatic heterocycles. The number of benzene rings is 2. The number of carboxylic acid groups (broad SMARTS) is 1. The predicted octanol–water partition coefficient (Wildman–Crippen LogP) is 3.66. The largest absolute Gasteiger partial charge is 0.479 e. The topological polar surface area (TPSA) is 83.4 Å². The Morgan fingerprint density at radius 1 is 1.11 bits per heavy atom. The number of nitrogens with zero attached hydrogens (tertiary/aromatic N) is 3. The molecule has 0 bridgehead atoms. The van der Waals surface area contributed by atoms with Gasteiger partial charge in [-0.2, -0.15) is 0 Å². The number of carboxylic acids is 1. The van der Waals surface area contributed by atoms with Gasteiger partial charge in [0.25, 0.3) is 5.91 Å². The van der Waals surface area contributed by atoms with Gasteiger partial charge in [-0.1, -0.05) is 60.4 Å². The van der Waals surface area contributed by atoms with Crippen LogP contribution in [0.1, 0.15) is 17.2 Å². The predicted molar refractivity (Wildman–Crippen MR) is 111 cm³/mol.